The van der Waals surface area contributed by atoms with E-state index < -0.39 is 0 Å². The highest BCUT2D eigenvalue weighted by Gasteiger charge is 2.10. The zero-order valence-electron chi connectivity index (χ0n) is 10.9. The van der Waals surface area contributed by atoms with Gasteiger partial charge in [-0.3, -0.25) is 4.79 Å². The fourth-order valence-corrected chi connectivity index (χ4v) is 2.16. The molecule has 0 aliphatic rings. The molecule has 0 aromatic heterocycles. The highest BCUT2D eigenvalue weighted by Crippen LogP contribution is 2.24. The lowest BCUT2D eigenvalue weighted by Crippen LogP contribution is -2.13. The van der Waals surface area contributed by atoms with Crippen LogP contribution < -0.4 is 11.1 Å². The SMILES string of the molecule is CCc1cc(N)ccc1NC(=O)c1ccc(Cl)c(Cl)c1. The smallest absolute Gasteiger partial charge is 0.255 e. The van der Waals surface area contributed by atoms with Gasteiger partial charge in [-0.2, -0.15) is 0 Å². The number of carbonyl (C=O) groups is 1. The monoisotopic (exact) mass is 308 g/mol. The first kappa shape index (κ1) is 14.7. The van der Waals surface area contributed by atoms with E-state index in [0.717, 1.165) is 17.7 Å². The van der Waals surface area contributed by atoms with Gasteiger partial charge in [-0.15, -0.1) is 0 Å². The number of nitrogen functional groups attached to an aromatic ring is 1. The van der Waals surface area contributed by atoms with Gasteiger partial charge in [-0.25, -0.2) is 0 Å². The Bertz CT molecular complexity index is 656. The van der Waals surface area contributed by atoms with Crippen LogP contribution >= 0.6 is 23.2 Å². The second kappa shape index (κ2) is 6.16. The van der Waals surface area contributed by atoms with Crippen LogP contribution in [0.15, 0.2) is 36.4 Å². The number of halogens is 2. The Hall–Kier alpha value is -1.71. The quantitative estimate of drug-likeness (QED) is 0.826. The number of aryl methyl sites for hydroxylation is 1. The Balaban J connectivity index is 2.25. The van der Waals surface area contributed by atoms with Crippen molar-refractivity contribution in [3.63, 3.8) is 0 Å². The van der Waals surface area contributed by atoms with E-state index in [4.69, 9.17) is 28.9 Å². The first-order valence-electron chi connectivity index (χ1n) is 6.16. The van der Waals surface area contributed by atoms with Crippen molar-refractivity contribution in [3.05, 3.63) is 57.6 Å². The number of hydrogen-bond donors (Lipinski definition) is 2. The molecule has 0 unspecified atom stereocenters. The lowest BCUT2D eigenvalue weighted by Gasteiger charge is -2.11. The van der Waals surface area contributed by atoms with E-state index in [1.54, 1.807) is 30.3 Å². The molecule has 104 valence electrons. The van der Waals surface area contributed by atoms with Crippen LogP contribution in [0.5, 0.6) is 0 Å². The van der Waals surface area contributed by atoms with Crippen molar-refractivity contribution >= 4 is 40.5 Å². The molecule has 0 aliphatic heterocycles. The van der Waals surface area contributed by atoms with Crippen LogP contribution in [-0.4, -0.2) is 5.91 Å². The summed E-state index contributed by atoms with van der Waals surface area (Å²) < 4.78 is 0. The van der Waals surface area contributed by atoms with Crippen LogP contribution in [0.1, 0.15) is 22.8 Å². The maximum absolute atomic E-state index is 12.2. The number of anilines is 2. The molecule has 5 heteroatoms. The van der Waals surface area contributed by atoms with Crippen molar-refractivity contribution in [3.8, 4) is 0 Å². The number of rotatable bonds is 3. The molecule has 0 atom stereocenters. The minimum absolute atomic E-state index is 0.233. The van der Waals surface area contributed by atoms with Crippen molar-refractivity contribution in [2.45, 2.75) is 13.3 Å². The van der Waals surface area contributed by atoms with Crippen LogP contribution in [0.25, 0.3) is 0 Å². The van der Waals surface area contributed by atoms with Crippen LogP contribution in [0.3, 0.4) is 0 Å². The van der Waals surface area contributed by atoms with Gasteiger partial charge in [0.05, 0.1) is 10.0 Å². The second-order valence-electron chi connectivity index (χ2n) is 4.35. The van der Waals surface area contributed by atoms with Gasteiger partial charge < -0.3 is 11.1 Å². The fraction of sp³-hybridized carbons (Fsp3) is 0.133. The van der Waals surface area contributed by atoms with Gasteiger partial charge in [0.1, 0.15) is 0 Å². The van der Waals surface area contributed by atoms with Crippen LogP contribution in [-0.2, 0) is 6.42 Å². The Morgan fingerprint density at radius 2 is 1.90 bits per heavy atom. The van der Waals surface area contributed by atoms with Crippen molar-refractivity contribution in [1.82, 2.24) is 0 Å². The molecule has 3 nitrogen and oxygen atoms in total. The van der Waals surface area contributed by atoms with Crippen LogP contribution in [0, 0.1) is 0 Å². The summed E-state index contributed by atoms with van der Waals surface area (Å²) in [5, 5.41) is 3.63. The normalized spacial score (nSPS) is 10.3. The highest BCUT2D eigenvalue weighted by molar-refractivity contribution is 6.42. The minimum Gasteiger partial charge on any atom is -0.399 e. The van der Waals surface area contributed by atoms with Gasteiger partial charge in [0.25, 0.3) is 5.91 Å². The van der Waals surface area contributed by atoms with Gasteiger partial charge >= 0.3 is 0 Å². The zero-order valence-corrected chi connectivity index (χ0v) is 12.4. The number of benzene rings is 2. The molecule has 0 spiro atoms. The number of hydrogen-bond acceptors (Lipinski definition) is 2. The molecule has 0 saturated heterocycles. The summed E-state index contributed by atoms with van der Waals surface area (Å²) in [6, 6.07) is 10.2. The van der Waals surface area contributed by atoms with Crippen molar-refractivity contribution in [1.29, 1.82) is 0 Å². The maximum atomic E-state index is 12.2. The predicted octanol–water partition coefficient (Wildman–Crippen LogP) is 4.39. The molecule has 2 aromatic carbocycles. The largest absolute Gasteiger partial charge is 0.399 e. The van der Waals surface area contributed by atoms with E-state index in [2.05, 4.69) is 5.32 Å². The summed E-state index contributed by atoms with van der Waals surface area (Å²) in [5.74, 6) is -0.233. The lowest BCUT2D eigenvalue weighted by atomic mass is 10.1. The van der Waals surface area contributed by atoms with E-state index in [0.29, 0.717) is 21.3 Å². The van der Waals surface area contributed by atoms with E-state index in [-0.39, 0.29) is 5.91 Å². The van der Waals surface area contributed by atoms with Crippen molar-refractivity contribution < 1.29 is 4.79 Å². The summed E-state index contributed by atoms with van der Waals surface area (Å²) in [7, 11) is 0. The third-order valence-electron chi connectivity index (χ3n) is 2.94. The molecule has 20 heavy (non-hydrogen) atoms. The van der Waals surface area contributed by atoms with E-state index in [1.165, 1.54) is 0 Å². The zero-order chi connectivity index (χ0) is 14.7. The van der Waals surface area contributed by atoms with E-state index in [1.807, 2.05) is 13.0 Å². The van der Waals surface area contributed by atoms with Gasteiger partial charge in [0.2, 0.25) is 0 Å². The first-order valence-corrected chi connectivity index (χ1v) is 6.91. The Labute approximate surface area is 127 Å². The molecular formula is C15H14Cl2N2O. The molecule has 1 amide bonds. The summed E-state index contributed by atoms with van der Waals surface area (Å²) in [5.41, 5.74) is 8.60. The van der Waals surface area contributed by atoms with Gasteiger partial charge in [-0.1, -0.05) is 30.1 Å². The molecular weight excluding hydrogens is 295 g/mol. The second-order valence-corrected chi connectivity index (χ2v) is 5.17. The topological polar surface area (TPSA) is 55.1 Å². The molecule has 3 N–H and O–H groups in total. The van der Waals surface area contributed by atoms with E-state index >= 15 is 0 Å². The Kier molecular flexibility index (Phi) is 4.53. The highest BCUT2D eigenvalue weighted by atomic mass is 35.5. The first-order chi connectivity index (χ1) is 9.51. The lowest BCUT2D eigenvalue weighted by molar-refractivity contribution is 0.102. The summed E-state index contributed by atoms with van der Waals surface area (Å²) >= 11 is 11.7. The fourth-order valence-electron chi connectivity index (χ4n) is 1.86. The Morgan fingerprint density at radius 1 is 1.15 bits per heavy atom. The molecule has 0 fully saturated rings. The van der Waals surface area contributed by atoms with E-state index in [9.17, 15) is 4.79 Å². The summed E-state index contributed by atoms with van der Waals surface area (Å²) in [6.07, 6.45) is 0.780. The molecule has 0 bridgehead atoms. The average Bonchev–Trinajstić information content (AvgIpc) is 2.43. The number of nitrogens with two attached hydrogens (primary N) is 1. The van der Waals surface area contributed by atoms with Crippen molar-refractivity contribution in [2.24, 2.45) is 0 Å². The third kappa shape index (κ3) is 3.24. The summed E-state index contributed by atoms with van der Waals surface area (Å²) in [4.78, 5) is 12.2. The van der Waals surface area contributed by atoms with Gasteiger partial charge in [0.15, 0.2) is 0 Å². The van der Waals surface area contributed by atoms with Crippen LogP contribution in [0.4, 0.5) is 11.4 Å². The van der Waals surface area contributed by atoms with Gasteiger partial charge in [-0.05, 0) is 48.4 Å². The average molecular weight is 309 g/mol. The molecule has 2 aromatic rings. The Morgan fingerprint density at radius 3 is 2.55 bits per heavy atom. The molecule has 0 saturated carbocycles. The number of amides is 1. The number of carbonyl (C=O) groups excluding carboxylic acids is 1. The molecule has 0 aliphatic carbocycles. The van der Waals surface area contributed by atoms with Gasteiger partial charge in [0, 0.05) is 16.9 Å². The standard InChI is InChI=1S/C15H14Cl2N2O/c1-2-9-7-11(18)4-6-14(9)19-15(20)10-3-5-12(16)13(17)8-10/h3-8H,2,18H2,1H3,(H,19,20). The predicted molar refractivity (Wildman–Crippen MR) is 84.6 cm³/mol. The maximum Gasteiger partial charge on any atom is 0.255 e. The third-order valence-corrected chi connectivity index (χ3v) is 3.68. The molecule has 0 heterocycles. The summed E-state index contributed by atoms with van der Waals surface area (Å²) in [6.45, 7) is 2.00. The molecule has 0 radical (unpaired) electrons. The minimum atomic E-state index is -0.233. The van der Waals surface area contributed by atoms with Crippen LogP contribution in [0.2, 0.25) is 10.0 Å². The van der Waals surface area contributed by atoms with Crippen molar-refractivity contribution in [2.75, 3.05) is 11.1 Å². The number of nitrogens with one attached hydrogen (secondary N) is 1. The molecule has 2 rings (SSSR count).